The van der Waals surface area contributed by atoms with Crippen molar-refractivity contribution >= 4 is 11.7 Å². The molecule has 21 heavy (non-hydrogen) atoms. The van der Waals surface area contributed by atoms with Crippen LogP contribution in [0.5, 0.6) is 0 Å². The van der Waals surface area contributed by atoms with E-state index in [0.29, 0.717) is 24.8 Å². The van der Waals surface area contributed by atoms with Gasteiger partial charge in [-0.3, -0.25) is 9.78 Å². The first-order valence-corrected chi connectivity index (χ1v) is 7.04. The summed E-state index contributed by atoms with van der Waals surface area (Å²) in [5.74, 6) is -0.310. The zero-order valence-electron chi connectivity index (χ0n) is 11.8. The van der Waals surface area contributed by atoms with Crippen LogP contribution in [-0.2, 0) is 4.74 Å². The number of nitrogens with zero attached hydrogens (tertiary/aromatic N) is 2. The normalized spacial score (nSPS) is 16.1. The Morgan fingerprint density at radius 1 is 1.48 bits per heavy atom. The fourth-order valence-electron chi connectivity index (χ4n) is 2.27. The number of carbonyl (C=O) groups is 1. The lowest BCUT2D eigenvalue weighted by Gasteiger charge is -2.11. The Hall–Kier alpha value is -2.15. The van der Waals surface area contributed by atoms with Crippen molar-refractivity contribution in [2.75, 3.05) is 13.2 Å². The summed E-state index contributed by atoms with van der Waals surface area (Å²) in [6, 6.07) is 3.10. The molecule has 1 saturated carbocycles. The predicted molar refractivity (Wildman–Crippen MR) is 77.3 cm³/mol. The van der Waals surface area contributed by atoms with Gasteiger partial charge in [0.25, 0.3) is 5.91 Å². The number of nitrogens with two attached hydrogens (primary N) is 1. The summed E-state index contributed by atoms with van der Waals surface area (Å²) in [7, 11) is 0. The lowest BCUT2D eigenvalue weighted by molar-refractivity contribution is 0.0581. The van der Waals surface area contributed by atoms with Crippen LogP contribution in [-0.4, -0.2) is 41.2 Å². The molecule has 1 aromatic heterocycles. The van der Waals surface area contributed by atoms with Crippen molar-refractivity contribution < 1.29 is 14.7 Å². The van der Waals surface area contributed by atoms with E-state index in [-0.39, 0.29) is 17.4 Å². The third kappa shape index (κ3) is 4.42. The van der Waals surface area contributed by atoms with Crippen molar-refractivity contribution in [2.45, 2.75) is 31.8 Å². The fraction of sp³-hybridized carbons (Fsp3) is 0.500. The molecule has 7 heteroatoms. The van der Waals surface area contributed by atoms with Crippen molar-refractivity contribution in [3.63, 3.8) is 0 Å². The Morgan fingerprint density at radius 3 is 2.86 bits per heavy atom. The Balaban J connectivity index is 1.74. The van der Waals surface area contributed by atoms with Gasteiger partial charge in [-0.05, 0) is 25.0 Å². The molecule has 0 unspecified atom stereocenters. The number of oxime groups is 1. The maximum absolute atomic E-state index is 11.9. The number of aromatic nitrogens is 1. The number of hydrogen-bond donors (Lipinski definition) is 3. The Morgan fingerprint density at radius 2 is 2.24 bits per heavy atom. The topological polar surface area (TPSA) is 110 Å². The van der Waals surface area contributed by atoms with Gasteiger partial charge in [0.1, 0.15) is 5.69 Å². The summed E-state index contributed by atoms with van der Waals surface area (Å²) in [5.41, 5.74) is 6.16. The molecule has 114 valence electrons. The molecular weight excluding hydrogens is 272 g/mol. The monoisotopic (exact) mass is 292 g/mol. The fourth-order valence-corrected chi connectivity index (χ4v) is 2.27. The van der Waals surface area contributed by atoms with Gasteiger partial charge in [-0.2, -0.15) is 0 Å². The summed E-state index contributed by atoms with van der Waals surface area (Å²) in [4.78, 5) is 15.8. The predicted octanol–water partition coefficient (Wildman–Crippen LogP) is 0.865. The number of amides is 1. The second-order valence-electron chi connectivity index (χ2n) is 4.95. The van der Waals surface area contributed by atoms with Gasteiger partial charge in [0.2, 0.25) is 0 Å². The summed E-state index contributed by atoms with van der Waals surface area (Å²) < 4.78 is 5.66. The molecule has 7 nitrogen and oxygen atoms in total. The van der Waals surface area contributed by atoms with E-state index in [1.54, 1.807) is 6.07 Å². The van der Waals surface area contributed by atoms with E-state index >= 15 is 0 Å². The van der Waals surface area contributed by atoms with Gasteiger partial charge in [0.05, 0.1) is 12.7 Å². The van der Waals surface area contributed by atoms with E-state index in [1.165, 1.54) is 25.1 Å². The van der Waals surface area contributed by atoms with E-state index in [4.69, 9.17) is 15.7 Å². The molecule has 1 heterocycles. The number of carbonyl (C=O) groups excluding carboxylic acids is 1. The molecule has 0 saturated heterocycles. The second-order valence-corrected chi connectivity index (χ2v) is 4.95. The molecule has 0 aliphatic heterocycles. The van der Waals surface area contributed by atoms with Crippen molar-refractivity contribution in [1.82, 2.24) is 10.3 Å². The molecule has 1 aliphatic carbocycles. The van der Waals surface area contributed by atoms with Gasteiger partial charge in [0, 0.05) is 18.3 Å². The maximum atomic E-state index is 11.9. The average molecular weight is 292 g/mol. The summed E-state index contributed by atoms with van der Waals surface area (Å²) in [5, 5.41) is 14.2. The molecule has 0 aromatic carbocycles. The van der Waals surface area contributed by atoms with Crippen LogP contribution in [0.2, 0.25) is 0 Å². The molecule has 4 N–H and O–H groups in total. The zero-order valence-corrected chi connectivity index (χ0v) is 11.8. The lowest BCUT2D eigenvalue weighted by Crippen LogP contribution is -2.29. The van der Waals surface area contributed by atoms with Gasteiger partial charge >= 0.3 is 0 Å². The minimum absolute atomic E-state index is 0.0422. The highest BCUT2D eigenvalue weighted by Gasteiger charge is 2.15. The SMILES string of the molecule is NC(=NO)c1ccc(C(=O)NCCOC2CCCC2)nc1. The number of nitrogens with one attached hydrogen (secondary N) is 1. The zero-order chi connectivity index (χ0) is 15.1. The van der Waals surface area contributed by atoms with E-state index in [9.17, 15) is 4.79 Å². The number of pyridine rings is 1. The molecule has 0 bridgehead atoms. The van der Waals surface area contributed by atoms with Gasteiger partial charge in [-0.25, -0.2) is 0 Å². The van der Waals surface area contributed by atoms with Crippen molar-refractivity contribution in [3.8, 4) is 0 Å². The van der Waals surface area contributed by atoms with Crippen LogP contribution >= 0.6 is 0 Å². The summed E-state index contributed by atoms with van der Waals surface area (Å²) in [6.45, 7) is 0.970. The van der Waals surface area contributed by atoms with Crippen molar-refractivity contribution in [3.05, 3.63) is 29.6 Å². The van der Waals surface area contributed by atoms with E-state index < -0.39 is 0 Å². The maximum Gasteiger partial charge on any atom is 0.269 e. The quantitative estimate of drug-likeness (QED) is 0.237. The first-order valence-electron chi connectivity index (χ1n) is 7.04. The van der Waals surface area contributed by atoms with E-state index in [0.717, 1.165) is 12.8 Å². The largest absolute Gasteiger partial charge is 0.409 e. The Bertz CT molecular complexity index is 495. The van der Waals surface area contributed by atoms with Gasteiger partial charge in [-0.15, -0.1) is 0 Å². The van der Waals surface area contributed by atoms with Crippen LogP contribution in [0.4, 0.5) is 0 Å². The van der Waals surface area contributed by atoms with Crippen LogP contribution in [0.15, 0.2) is 23.5 Å². The summed E-state index contributed by atoms with van der Waals surface area (Å²) >= 11 is 0. The third-order valence-corrected chi connectivity index (χ3v) is 3.44. The highest BCUT2D eigenvalue weighted by atomic mass is 16.5. The van der Waals surface area contributed by atoms with Crippen LogP contribution in [0.1, 0.15) is 41.7 Å². The number of ether oxygens (including phenoxy) is 1. The lowest BCUT2D eigenvalue weighted by atomic mass is 10.2. The van der Waals surface area contributed by atoms with Gasteiger partial charge < -0.3 is 21.0 Å². The molecule has 0 radical (unpaired) electrons. The van der Waals surface area contributed by atoms with Crippen molar-refractivity contribution in [2.24, 2.45) is 10.9 Å². The molecular formula is C14H20N4O3. The molecule has 0 spiro atoms. The number of amidine groups is 1. The van der Waals surface area contributed by atoms with Crippen LogP contribution < -0.4 is 11.1 Å². The Kier molecular flexibility index (Phi) is 5.51. The molecule has 2 rings (SSSR count). The molecule has 1 fully saturated rings. The van der Waals surface area contributed by atoms with Crippen molar-refractivity contribution in [1.29, 1.82) is 0 Å². The first kappa shape index (κ1) is 15.2. The Labute approximate surface area is 123 Å². The minimum Gasteiger partial charge on any atom is -0.409 e. The number of rotatable bonds is 6. The van der Waals surface area contributed by atoms with Gasteiger partial charge in [0.15, 0.2) is 5.84 Å². The van der Waals surface area contributed by atoms with Crippen LogP contribution in [0.25, 0.3) is 0 Å². The third-order valence-electron chi connectivity index (χ3n) is 3.44. The smallest absolute Gasteiger partial charge is 0.269 e. The summed E-state index contributed by atoms with van der Waals surface area (Å²) in [6.07, 6.45) is 6.43. The number of hydrogen-bond acceptors (Lipinski definition) is 5. The first-order chi connectivity index (χ1) is 10.2. The molecule has 1 aliphatic rings. The molecule has 1 amide bonds. The molecule has 1 aromatic rings. The molecule has 0 atom stereocenters. The minimum atomic E-state index is -0.268. The van der Waals surface area contributed by atoms with Crippen LogP contribution in [0, 0.1) is 0 Å². The van der Waals surface area contributed by atoms with Gasteiger partial charge in [-0.1, -0.05) is 18.0 Å². The highest BCUT2D eigenvalue weighted by molar-refractivity contribution is 5.98. The second kappa shape index (κ2) is 7.58. The standard InChI is InChI=1S/C14H20N4O3/c15-13(18-20)10-5-6-12(17-9-10)14(19)16-7-8-21-11-3-1-2-4-11/h5-6,9,11,20H,1-4,7-8H2,(H2,15,18)(H,16,19). The van der Waals surface area contributed by atoms with Crippen LogP contribution in [0.3, 0.4) is 0 Å². The van der Waals surface area contributed by atoms with E-state index in [1.807, 2.05) is 0 Å². The van der Waals surface area contributed by atoms with E-state index in [2.05, 4.69) is 15.5 Å². The average Bonchev–Trinajstić information content (AvgIpc) is 3.04. The highest BCUT2D eigenvalue weighted by Crippen LogP contribution is 2.20.